The molecule has 2 N–H and O–H groups in total. The van der Waals surface area contributed by atoms with Gasteiger partial charge in [-0.25, -0.2) is 0 Å². The van der Waals surface area contributed by atoms with Crippen molar-refractivity contribution in [2.45, 2.75) is 38.1 Å². The molecule has 3 aromatic carbocycles. The van der Waals surface area contributed by atoms with Gasteiger partial charge in [0.05, 0.1) is 24.4 Å². The number of hydrogen-bond acceptors (Lipinski definition) is 4. The summed E-state index contributed by atoms with van der Waals surface area (Å²) in [6.45, 7) is 0. The Hall–Kier alpha value is -4.13. The second kappa shape index (κ2) is 11.5. The van der Waals surface area contributed by atoms with Gasteiger partial charge in [0.25, 0.3) is 5.91 Å². The third-order valence-electron chi connectivity index (χ3n) is 6.48. The maximum absolute atomic E-state index is 13.0. The minimum Gasteiger partial charge on any atom is -0.497 e. The molecule has 4 rings (SSSR count). The lowest BCUT2D eigenvalue weighted by Crippen LogP contribution is -2.33. The fourth-order valence-electron chi connectivity index (χ4n) is 4.55. The molecule has 1 aliphatic rings. The zero-order valence-corrected chi connectivity index (χ0v) is 20.6. The van der Waals surface area contributed by atoms with E-state index in [9.17, 15) is 14.4 Å². The largest absolute Gasteiger partial charge is 0.497 e. The Kier molecular flexibility index (Phi) is 8.00. The smallest absolute Gasteiger partial charge is 0.257 e. The summed E-state index contributed by atoms with van der Waals surface area (Å²) in [5, 5.41) is 5.94. The number of anilines is 2. The molecule has 1 unspecified atom stereocenters. The SMILES string of the molecule is COc1cccc(NC(=O)c2ccccc2N(C)C(=O)CCC(=O)NC2CCCc3ccccc32)c1. The maximum Gasteiger partial charge on any atom is 0.257 e. The van der Waals surface area contributed by atoms with E-state index in [1.165, 1.54) is 10.5 Å². The van der Waals surface area contributed by atoms with Crippen LogP contribution in [0.4, 0.5) is 11.4 Å². The third-order valence-corrected chi connectivity index (χ3v) is 6.48. The van der Waals surface area contributed by atoms with Crippen LogP contribution in [-0.4, -0.2) is 31.9 Å². The molecule has 0 saturated carbocycles. The number of carbonyl (C=O) groups excluding carboxylic acids is 3. The van der Waals surface area contributed by atoms with Crippen molar-refractivity contribution < 1.29 is 19.1 Å². The Morgan fingerprint density at radius 2 is 1.75 bits per heavy atom. The van der Waals surface area contributed by atoms with Crippen LogP contribution < -0.4 is 20.3 Å². The average Bonchev–Trinajstić information content (AvgIpc) is 2.91. The van der Waals surface area contributed by atoms with E-state index in [2.05, 4.69) is 22.8 Å². The van der Waals surface area contributed by atoms with Gasteiger partial charge in [0, 0.05) is 31.6 Å². The Bertz CT molecular complexity index is 1260. The van der Waals surface area contributed by atoms with Crippen LogP contribution in [-0.2, 0) is 16.0 Å². The maximum atomic E-state index is 13.0. The first-order valence-corrected chi connectivity index (χ1v) is 12.1. The fraction of sp³-hybridized carbons (Fsp3) is 0.276. The van der Waals surface area contributed by atoms with E-state index in [1.54, 1.807) is 62.7 Å². The lowest BCUT2D eigenvalue weighted by atomic mass is 9.87. The summed E-state index contributed by atoms with van der Waals surface area (Å²) < 4.78 is 5.21. The van der Waals surface area contributed by atoms with E-state index in [1.807, 2.05) is 12.1 Å². The number of methoxy groups -OCH3 is 1. The number of para-hydroxylation sites is 1. The Morgan fingerprint density at radius 3 is 2.58 bits per heavy atom. The molecular formula is C29H31N3O4. The van der Waals surface area contributed by atoms with Crippen molar-refractivity contribution in [3.8, 4) is 5.75 Å². The first-order valence-electron chi connectivity index (χ1n) is 12.1. The van der Waals surface area contributed by atoms with Crippen LogP contribution in [0.25, 0.3) is 0 Å². The fourth-order valence-corrected chi connectivity index (χ4v) is 4.55. The molecule has 7 nitrogen and oxygen atoms in total. The number of benzene rings is 3. The molecule has 0 aromatic heterocycles. The van der Waals surface area contributed by atoms with Gasteiger partial charge in [0.1, 0.15) is 5.75 Å². The van der Waals surface area contributed by atoms with Crippen molar-refractivity contribution in [1.82, 2.24) is 5.32 Å². The molecule has 3 amide bonds. The molecule has 186 valence electrons. The van der Waals surface area contributed by atoms with E-state index in [0.717, 1.165) is 24.8 Å². The molecule has 1 atom stereocenters. The van der Waals surface area contributed by atoms with Gasteiger partial charge in [0.15, 0.2) is 0 Å². The Labute approximate surface area is 211 Å². The summed E-state index contributed by atoms with van der Waals surface area (Å²) in [6.07, 6.45) is 3.07. The molecule has 0 fully saturated rings. The van der Waals surface area contributed by atoms with Gasteiger partial charge in [-0.3, -0.25) is 14.4 Å². The number of amides is 3. The average molecular weight is 486 g/mol. The van der Waals surface area contributed by atoms with Crippen LogP contribution in [0.2, 0.25) is 0 Å². The van der Waals surface area contributed by atoms with Gasteiger partial charge in [-0.05, 0) is 54.7 Å². The summed E-state index contributed by atoms with van der Waals surface area (Å²) in [5.74, 6) is -0.103. The topological polar surface area (TPSA) is 87.7 Å². The highest BCUT2D eigenvalue weighted by atomic mass is 16.5. The Balaban J connectivity index is 1.37. The molecule has 0 radical (unpaired) electrons. The van der Waals surface area contributed by atoms with Crippen LogP contribution in [0, 0.1) is 0 Å². The quantitative estimate of drug-likeness (QED) is 0.476. The summed E-state index contributed by atoms with van der Waals surface area (Å²) in [4.78, 5) is 40.0. The van der Waals surface area contributed by atoms with Crippen molar-refractivity contribution in [2.24, 2.45) is 0 Å². The molecular weight excluding hydrogens is 454 g/mol. The number of nitrogens with zero attached hydrogens (tertiary/aromatic N) is 1. The molecule has 36 heavy (non-hydrogen) atoms. The van der Waals surface area contributed by atoms with Crippen LogP contribution in [0.1, 0.15) is 53.2 Å². The second-order valence-corrected chi connectivity index (χ2v) is 8.87. The molecule has 3 aromatic rings. The molecule has 0 bridgehead atoms. The first-order chi connectivity index (χ1) is 17.5. The number of rotatable bonds is 8. The summed E-state index contributed by atoms with van der Waals surface area (Å²) >= 11 is 0. The van der Waals surface area contributed by atoms with E-state index >= 15 is 0 Å². The molecule has 1 aliphatic carbocycles. The van der Waals surface area contributed by atoms with Crippen LogP contribution >= 0.6 is 0 Å². The molecule has 0 saturated heterocycles. The van der Waals surface area contributed by atoms with E-state index in [0.29, 0.717) is 22.7 Å². The number of fused-ring (bicyclic) bond motifs is 1. The highest BCUT2D eigenvalue weighted by molar-refractivity contribution is 6.10. The van der Waals surface area contributed by atoms with E-state index in [-0.39, 0.29) is 36.6 Å². The van der Waals surface area contributed by atoms with Crippen molar-refractivity contribution in [3.63, 3.8) is 0 Å². The number of nitrogens with one attached hydrogen (secondary N) is 2. The lowest BCUT2D eigenvalue weighted by molar-refractivity contribution is -0.125. The van der Waals surface area contributed by atoms with Gasteiger partial charge < -0.3 is 20.3 Å². The van der Waals surface area contributed by atoms with Crippen molar-refractivity contribution in [2.75, 3.05) is 24.4 Å². The first kappa shape index (κ1) is 25.0. The number of aryl methyl sites for hydroxylation is 1. The predicted octanol–water partition coefficient (Wildman–Crippen LogP) is 4.88. The van der Waals surface area contributed by atoms with E-state index in [4.69, 9.17) is 4.74 Å². The minimum absolute atomic E-state index is 0.0173. The molecule has 7 heteroatoms. The Morgan fingerprint density at radius 1 is 0.972 bits per heavy atom. The highest BCUT2D eigenvalue weighted by Crippen LogP contribution is 2.29. The van der Waals surface area contributed by atoms with Gasteiger partial charge in [0.2, 0.25) is 11.8 Å². The summed E-state index contributed by atoms with van der Waals surface area (Å²) in [7, 11) is 3.18. The third kappa shape index (κ3) is 5.92. The predicted molar refractivity (Wildman–Crippen MR) is 140 cm³/mol. The normalized spacial score (nSPS) is 14.3. The van der Waals surface area contributed by atoms with Crippen LogP contribution in [0.3, 0.4) is 0 Å². The van der Waals surface area contributed by atoms with Gasteiger partial charge in [-0.2, -0.15) is 0 Å². The van der Waals surface area contributed by atoms with Gasteiger partial charge in [-0.1, -0.05) is 42.5 Å². The zero-order valence-electron chi connectivity index (χ0n) is 20.6. The van der Waals surface area contributed by atoms with Crippen molar-refractivity contribution in [1.29, 1.82) is 0 Å². The van der Waals surface area contributed by atoms with E-state index < -0.39 is 0 Å². The number of hydrogen-bond donors (Lipinski definition) is 2. The van der Waals surface area contributed by atoms with Gasteiger partial charge in [-0.15, -0.1) is 0 Å². The number of ether oxygens (including phenoxy) is 1. The van der Waals surface area contributed by atoms with Crippen molar-refractivity contribution in [3.05, 3.63) is 89.5 Å². The summed E-state index contributed by atoms with van der Waals surface area (Å²) in [6, 6.07) is 22.1. The van der Waals surface area contributed by atoms with Crippen LogP contribution in [0.15, 0.2) is 72.8 Å². The zero-order chi connectivity index (χ0) is 25.5. The molecule has 0 spiro atoms. The second-order valence-electron chi connectivity index (χ2n) is 8.87. The molecule has 0 aliphatic heterocycles. The van der Waals surface area contributed by atoms with Crippen LogP contribution in [0.5, 0.6) is 5.75 Å². The molecule has 0 heterocycles. The lowest BCUT2D eigenvalue weighted by Gasteiger charge is -2.26. The minimum atomic E-state index is -0.341. The van der Waals surface area contributed by atoms with Gasteiger partial charge >= 0.3 is 0 Å². The summed E-state index contributed by atoms with van der Waals surface area (Å²) in [5.41, 5.74) is 3.86. The number of carbonyl (C=O) groups is 3. The van der Waals surface area contributed by atoms with Crippen molar-refractivity contribution >= 4 is 29.1 Å². The monoisotopic (exact) mass is 485 g/mol. The highest BCUT2D eigenvalue weighted by Gasteiger charge is 2.23. The standard InChI is InChI=1S/C29H31N3O4/c1-32(26-16-6-5-14-24(26)29(35)30-21-11-8-12-22(19-21)36-2)28(34)18-17-27(33)31-25-15-7-10-20-9-3-4-13-23(20)25/h3-6,8-9,11-14,16,19,25H,7,10,15,17-18H2,1-2H3,(H,30,35)(H,31,33).